The third kappa shape index (κ3) is 5.20. The summed E-state index contributed by atoms with van der Waals surface area (Å²) in [4.78, 5) is 28.0. The van der Waals surface area contributed by atoms with E-state index in [-0.39, 0.29) is 24.0 Å². The van der Waals surface area contributed by atoms with Crippen molar-refractivity contribution in [2.75, 3.05) is 26.9 Å². The number of nitrogens with zero attached hydrogens (tertiary/aromatic N) is 1. The second-order valence-corrected chi connectivity index (χ2v) is 9.06. The summed E-state index contributed by atoms with van der Waals surface area (Å²) in [6, 6.07) is 11.9. The Morgan fingerprint density at radius 3 is 2.57 bits per heavy atom. The van der Waals surface area contributed by atoms with E-state index < -0.39 is 17.7 Å². The van der Waals surface area contributed by atoms with Crippen LogP contribution in [0, 0.1) is 6.92 Å². The monoisotopic (exact) mass is 479 g/mol. The average molecular weight is 480 g/mol. The maximum Gasteiger partial charge on any atom is 0.295 e. The maximum absolute atomic E-state index is 13.2. The number of rotatable bonds is 9. The van der Waals surface area contributed by atoms with Crippen LogP contribution in [0.4, 0.5) is 0 Å². The Morgan fingerprint density at radius 2 is 1.91 bits per heavy atom. The van der Waals surface area contributed by atoms with Gasteiger partial charge in [0.05, 0.1) is 31.4 Å². The van der Waals surface area contributed by atoms with E-state index in [1.807, 2.05) is 25.1 Å². The number of methoxy groups -OCH3 is 1. The van der Waals surface area contributed by atoms with Gasteiger partial charge in [0, 0.05) is 18.7 Å². The minimum absolute atomic E-state index is 0.0681. The summed E-state index contributed by atoms with van der Waals surface area (Å²) in [6.45, 7) is 5.52. The fraction of sp³-hybridized carbons (Fsp3) is 0.429. The lowest BCUT2D eigenvalue weighted by atomic mass is 9.94. The van der Waals surface area contributed by atoms with Gasteiger partial charge >= 0.3 is 0 Å². The molecule has 35 heavy (non-hydrogen) atoms. The summed E-state index contributed by atoms with van der Waals surface area (Å²) in [5.41, 5.74) is 2.25. The zero-order valence-electron chi connectivity index (χ0n) is 20.6. The molecule has 0 spiro atoms. The Morgan fingerprint density at radius 1 is 1.14 bits per heavy atom. The number of carbonyl (C=O) groups excluding carboxylic acids is 2. The molecule has 2 saturated heterocycles. The zero-order valence-corrected chi connectivity index (χ0v) is 20.6. The molecule has 7 nitrogen and oxygen atoms in total. The smallest absolute Gasteiger partial charge is 0.295 e. The molecule has 0 saturated carbocycles. The summed E-state index contributed by atoms with van der Waals surface area (Å²) < 4.78 is 17.2. The number of likely N-dealkylation sites (tertiary alicyclic amines) is 1. The first kappa shape index (κ1) is 24.8. The van der Waals surface area contributed by atoms with E-state index in [1.165, 1.54) is 4.90 Å². The highest BCUT2D eigenvalue weighted by Gasteiger charge is 2.47. The fourth-order valence-electron chi connectivity index (χ4n) is 4.59. The summed E-state index contributed by atoms with van der Waals surface area (Å²) in [6.07, 6.45) is 3.52. The number of hydrogen-bond donors (Lipinski definition) is 1. The van der Waals surface area contributed by atoms with Crippen molar-refractivity contribution in [2.45, 2.75) is 51.7 Å². The fourth-order valence-corrected chi connectivity index (χ4v) is 4.59. The van der Waals surface area contributed by atoms with Gasteiger partial charge in [0.1, 0.15) is 5.76 Å². The number of aryl methyl sites for hydroxylation is 1. The molecule has 1 N–H and O–H groups in total. The minimum Gasteiger partial charge on any atom is -0.507 e. The first-order valence-corrected chi connectivity index (χ1v) is 12.2. The molecule has 0 aromatic heterocycles. The number of aliphatic hydroxyl groups is 1. The molecular weight excluding hydrogens is 446 g/mol. The van der Waals surface area contributed by atoms with E-state index in [0.29, 0.717) is 35.8 Å². The van der Waals surface area contributed by atoms with E-state index in [0.717, 1.165) is 31.2 Å². The van der Waals surface area contributed by atoms with Crippen LogP contribution in [0.3, 0.4) is 0 Å². The molecule has 2 aliphatic heterocycles. The first-order chi connectivity index (χ1) is 16.9. The lowest BCUT2D eigenvalue weighted by molar-refractivity contribution is -0.140. The van der Waals surface area contributed by atoms with E-state index in [2.05, 4.69) is 6.92 Å². The van der Waals surface area contributed by atoms with Crippen LogP contribution in [-0.2, 0) is 14.3 Å². The summed E-state index contributed by atoms with van der Waals surface area (Å²) in [7, 11) is 1.56. The zero-order chi connectivity index (χ0) is 24.9. The highest BCUT2D eigenvalue weighted by atomic mass is 16.5. The van der Waals surface area contributed by atoms with Gasteiger partial charge in [0.2, 0.25) is 0 Å². The number of aliphatic hydroxyl groups excluding tert-OH is 1. The molecule has 7 heteroatoms. The van der Waals surface area contributed by atoms with Gasteiger partial charge in [0.15, 0.2) is 11.5 Å². The quantitative estimate of drug-likeness (QED) is 0.241. The Hall–Kier alpha value is -3.32. The van der Waals surface area contributed by atoms with Gasteiger partial charge in [-0.25, -0.2) is 0 Å². The van der Waals surface area contributed by atoms with Crippen molar-refractivity contribution in [3.63, 3.8) is 0 Å². The molecule has 0 aliphatic carbocycles. The highest BCUT2D eigenvalue weighted by molar-refractivity contribution is 6.46. The number of ether oxygens (including phenoxy) is 3. The van der Waals surface area contributed by atoms with Gasteiger partial charge < -0.3 is 24.2 Å². The molecule has 0 bridgehead atoms. The Labute approximate surface area is 206 Å². The van der Waals surface area contributed by atoms with Gasteiger partial charge in [-0.15, -0.1) is 0 Å². The van der Waals surface area contributed by atoms with Gasteiger partial charge in [-0.3, -0.25) is 9.59 Å². The number of benzene rings is 2. The normalized spacial score (nSPS) is 21.5. The van der Waals surface area contributed by atoms with Gasteiger partial charge in [-0.05, 0) is 43.9 Å². The second kappa shape index (κ2) is 11.0. The standard InChI is InChI=1S/C28H33NO6/c1-4-5-14-35-22-13-12-20(16-23(22)33-3)25-24(26(30)19-10-8-18(2)9-11-19)27(31)28(32)29(25)17-21-7-6-15-34-21/h8-13,16,21,25,30H,4-7,14-15,17H2,1-3H3. The van der Waals surface area contributed by atoms with Crippen LogP contribution in [0.5, 0.6) is 11.5 Å². The van der Waals surface area contributed by atoms with Crippen molar-refractivity contribution in [1.82, 2.24) is 4.90 Å². The summed E-state index contributed by atoms with van der Waals surface area (Å²) in [5, 5.41) is 11.2. The third-order valence-electron chi connectivity index (χ3n) is 6.55. The van der Waals surface area contributed by atoms with Crippen LogP contribution >= 0.6 is 0 Å². The lowest BCUT2D eigenvalue weighted by Gasteiger charge is -2.28. The molecule has 2 fully saturated rings. The van der Waals surface area contributed by atoms with E-state index in [9.17, 15) is 14.7 Å². The number of Topliss-reactive ketones (excluding diaryl/α,β-unsaturated/α-hetero) is 1. The van der Waals surface area contributed by atoms with Crippen LogP contribution in [0.15, 0.2) is 48.0 Å². The molecule has 2 unspecified atom stereocenters. The molecule has 0 radical (unpaired) electrons. The number of ketones is 1. The number of amides is 1. The molecule has 2 aliphatic rings. The van der Waals surface area contributed by atoms with E-state index >= 15 is 0 Å². The summed E-state index contributed by atoms with van der Waals surface area (Å²) >= 11 is 0. The average Bonchev–Trinajstić information content (AvgIpc) is 3.47. The summed E-state index contributed by atoms with van der Waals surface area (Å²) in [5.74, 6) is -0.420. The van der Waals surface area contributed by atoms with Crippen molar-refractivity contribution < 1.29 is 28.9 Å². The molecule has 2 heterocycles. The highest BCUT2D eigenvalue weighted by Crippen LogP contribution is 2.42. The largest absolute Gasteiger partial charge is 0.507 e. The van der Waals surface area contributed by atoms with Crippen LogP contribution < -0.4 is 9.47 Å². The molecule has 1 amide bonds. The molecule has 2 atom stereocenters. The van der Waals surface area contributed by atoms with E-state index in [1.54, 1.807) is 31.4 Å². The Kier molecular flexibility index (Phi) is 7.76. The van der Waals surface area contributed by atoms with Crippen molar-refractivity contribution >= 4 is 17.4 Å². The Bertz CT molecular complexity index is 1100. The molecule has 4 rings (SSSR count). The van der Waals surface area contributed by atoms with Crippen molar-refractivity contribution in [1.29, 1.82) is 0 Å². The topological polar surface area (TPSA) is 85.3 Å². The molecule has 186 valence electrons. The minimum atomic E-state index is -0.765. The molecular formula is C28H33NO6. The maximum atomic E-state index is 13.2. The first-order valence-electron chi connectivity index (χ1n) is 12.2. The predicted molar refractivity (Wildman–Crippen MR) is 133 cm³/mol. The number of hydrogen-bond acceptors (Lipinski definition) is 6. The van der Waals surface area contributed by atoms with Crippen molar-refractivity contribution in [3.8, 4) is 11.5 Å². The Balaban J connectivity index is 1.78. The van der Waals surface area contributed by atoms with Gasteiger partial charge in [-0.1, -0.05) is 49.2 Å². The lowest BCUT2D eigenvalue weighted by Crippen LogP contribution is -2.36. The van der Waals surface area contributed by atoms with Crippen molar-refractivity contribution in [3.05, 3.63) is 64.7 Å². The third-order valence-corrected chi connectivity index (χ3v) is 6.55. The van der Waals surface area contributed by atoms with Gasteiger partial charge in [-0.2, -0.15) is 0 Å². The van der Waals surface area contributed by atoms with Crippen LogP contribution in [-0.4, -0.2) is 54.7 Å². The number of carbonyl (C=O) groups is 2. The van der Waals surface area contributed by atoms with Gasteiger partial charge in [0.25, 0.3) is 11.7 Å². The van der Waals surface area contributed by atoms with Crippen LogP contribution in [0.1, 0.15) is 55.3 Å². The number of unbranched alkanes of at least 4 members (excludes halogenated alkanes) is 1. The van der Waals surface area contributed by atoms with E-state index in [4.69, 9.17) is 14.2 Å². The molecule has 2 aromatic rings. The van der Waals surface area contributed by atoms with Crippen molar-refractivity contribution in [2.24, 2.45) is 0 Å². The predicted octanol–water partition coefficient (Wildman–Crippen LogP) is 4.78. The van der Waals surface area contributed by atoms with Crippen LogP contribution in [0.25, 0.3) is 5.76 Å². The molecule has 2 aromatic carbocycles. The van der Waals surface area contributed by atoms with Crippen LogP contribution in [0.2, 0.25) is 0 Å². The second-order valence-electron chi connectivity index (χ2n) is 9.06. The SMILES string of the molecule is CCCCOc1ccc(C2C(=C(O)c3ccc(C)cc3)C(=O)C(=O)N2CC2CCCO2)cc1OC.